The topological polar surface area (TPSA) is 29.5 Å². The molecule has 2 aromatic rings. The third-order valence-corrected chi connectivity index (χ3v) is 4.43. The van der Waals surface area contributed by atoms with E-state index in [0.29, 0.717) is 23.7 Å². The number of carbonyl (C=O) groups is 1. The Morgan fingerprint density at radius 3 is 2.57 bits per heavy atom. The maximum Gasteiger partial charge on any atom is 0.263 e. The van der Waals surface area contributed by atoms with E-state index in [-0.39, 0.29) is 5.91 Å². The summed E-state index contributed by atoms with van der Waals surface area (Å²) in [6.45, 7) is 3.38. The maximum absolute atomic E-state index is 12.8. The number of rotatable bonds is 4. The van der Waals surface area contributed by atoms with Gasteiger partial charge in [-0.05, 0) is 48.2 Å². The van der Waals surface area contributed by atoms with E-state index in [1.807, 2.05) is 17.9 Å². The minimum absolute atomic E-state index is 0.0527. The molecule has 0 aromatic heterocycles. The number of hydrogen-bond acceptors (Lipinski definition) is 2. The van der Waals surface area contributed by atoms with Gasteiger partial charge in [0.2, 0.25) is 0 Å². The van der Waals surface area contributed by atoms with Crippen LogP contribution in [-0.4, -0.2) is 23.5 Å². The smallest absolute Gasteiger partial charge is 0.263 e. The highest BCUT2D eigenvalue weighted by molar-refractivity contribution is 6.30. The summed E-state index contributed by atoms with van der Waals surface area (Å²) < 4.78 is 5.87. The normalized spacial score (nSPS) is 15.0. The minimum atomic E-state index is -0.457. The van der Waals surface area contributed by atoms with Gasteiger partial charge in [-0.2, -0.15) is 0 Å². The molecule has 1 aliphatic rings. The zero-order chi connectivity index (χ0) is 16.2. The molecule has 2 aromatic carbocycles. The summed E-state index contributed by atoms with van der Waals surface area (Å²) in [7, 11) is 0. The Labute approximate surface area is 141 Å². The lowest BCUT2D eigenvalue weighted by molar-refractivity contribution is -0.139. The van der Waals surface area contributed by atoms with Crippen molar-refractivity contribution in [2.45, 2.75) is 32.4 Å². The maximum atomic E-state index is 12.8. The highest BCUT2D eigenvalue weighted by Crippen LogP contribution is 2.22. The fourth-order valence-corrected chi connectivity index (χ4v) is 3.00. The predicted octanol–water partition coefficient (Wildman–Crippen LogP) is 4.08. The van der Waals surface area contributed by atoms with E-state index in [9.17, 15) is 4.79 Å². The van der Waals surface area contributed by atoms with Crippen molar-refractivity contribution in [1.82, 2.24) is 4.90 Å². The van der Waals surface area contributed by atoms with Crippen LogP contribution in [0.5, 0.6) is 5.75 Å². The second-order valence-corrected chi connectivity index (χ2v) is 6.18. The Kier molecular flexibility index (Phi) is 4.87. The van der Waals surface area contributed by atoms with Gasteiger partial charge >= 0.3 is 0 Å². The number of halogens is 1. The van der Waals surface area contributed by atoms with E-state index >= 15 is 0 Å². The summed E-state index contributed by atoms with van der Waals surface area (Å²) in [5.74, 6) is 0.726. The summed E-state index contributed by atoms with van der Waals surface area (Å²) in [5, 5.41) is 0.657. The molecule has 1 heterocycles. The Morgan fingerprint density at radius 1 is 1.17 bits per heavy atom. The fourth-order valence-electron chi connectivity index (χ4n) is 2.87. The Bertz CT molecular complexity index is 684. The van der Waals surface area contributed by atoms with Crippen LogP contribution in [0.4, 0.5) is 0 Å². The molecule has 120 valence electrons. The van der Waals surface area contributed by atoms with Gasteiger partial charge in [-0.3, -0.25) is 4.79 Å². The van der Waals surface area contributed by atoms with Gasteiger partial charge in [-0.25, -0.2) is 0 Å². The lowest BCUT2D eigenvalue weighted by Gasteiger charge is -2.31. The molecule has 1 aliphatic heterocycles. The molecule has 0 saturated heterocycles. The first kappa shape index (κ1) is 15.9. The van der Waals surface area contributed by atoms with Gasteiger partial charge in [0.05, 0.1) is 0 Å². The highest BCUT2D eigenvalue weighted by atomic mass is 35.5. The number of benzene rings is 2. The lowest BCUT2D eigenvalue weighted by atomic mass is 9.99. The van der Waals surface area contributed by atoms with E-state index in [1.165, 1.54) is 11.1 Å². The Morgan fingerprint density at radius 2 is 1.87 bits per heavy atom. The second-order valence-electron chi connectivity index (χ2n) is 5.75. The number of nitrogens with zero attached hydrogens (tertiary/aromatic N) is 1. The van der Waals surface area contributed by atoms with E-state index in [0.717, 1.165) is 13.0 Å². The third-order valence-electron chi connectivity index (χ3n) is 4.18. The number of hydrogen-bond donors (Lipinski definition) is 0. The molecule has 0 N–H and O–H groups in total. The van der Waals surface area contributed by atoms with E-state index < -0.39 is 6.10 Å². The quantitative estimate of drug-likeness (QED) is 0.845. The van der Waals surface area contributed by atoms with Crippen LogP contribution in [0.25, 0.3) is 0 Å². The average Bonchev–Trinajstić information content (AvgIpc) is 2.60. The van der Waals surface area contributed by atoms with Crippen LogP contribution in [0, 0.1) is 0 Å². The van der Waals surface area contributed by atoms with Crippen LogP contribution in [0.15, 0.2) is 48.5 Å². The van der Waals surface area contributed by atoms with Crippen LogP contribution >= 0.6 is 11.6 Å². The summed E-state index contributed by atoms with van der Waals surface area (Å²) in [4.78, 5) is 14.7. The molecular weight excluding hydrogens is 310 g/mol. The minimum Gasteiger partial charge on any atom is -0.481 e. The zero-order valence-electron chi connectivity index (χ0n) is 13.2. The monoisotopic (exact) mass is 329 g/mol. The molecule has 0 saturated carbocycles. The molecule has 0 aliphatic carbocycles. The third kappa shape index (κ3) is 3.67. The molecule has 23 heavy (non-hydrogen) atoms. The van der Waals surface area contributed by atoms with Crippen molar-refractivity contribution in [3.05, 3.63) is 64.7 Å². The summed E-state index contributed by atoms with van der Waals surface area (Å²) in [5.41, 5.74) is 2.57. The van der Waals surface area contributed by atoms with Crippen molar-refractivity contribution < 1.29 is 9.53 Å². The number of fused-ring (bicyclic) bond motifs is 1. The first-order chi connectivity index (χ1) is 11.2. The summed E-state index contributed by atoms with van der Waals surface area (Å²) in [6.07, 6.45) is 1.08. The van der Waals surface area contributed by atoms with Crippen LogP contribution < -0.4 is 4.74 Å². The predicted molar refractivity (Wildman–Crippen MR) is 91.7 cm³/mol. The summed E-state index contributed by atoms with van der Waals surface area (Å²) >= 11 is 5.88. The van der Waals surface area contributed by atoms with Crippen LogP contribution in [-0.2, 0) is 17.8 Å². The van der Waals surface area contributed by atoms with Crippen LogP contribution in [0.2, 0.25) is 5.02 Å². The van der Waals surface area contributed by atoms with Gasteiger partial charge in [-0.15, -0.1) is 0 Å². The molecule has 1 atom stereocenters. The van der Waals surface area contributed by atoms with E-state index in [4.69, 9.17) is 16.3 Å². The van der Waals surface area contributed by atoms with Crippen LogP contribution in [0.3, 0.4) is 0 Å². The van der Waals surface area contributed by atoms with Crippen LogP contribution in [0.1, 0.15) is 24.5 Å². The van der Waals surface area contributed by atoms with Crippen molar-refractivity contribution in [3.8, 4) is 5.75 Å². The van der Waals surface area contributed by atoms with Crippen molar-refractivity contribution in [3.63, 3.8) is 0 Å². The number of carbonyl (C=O) groups excluding carboxylic acids is 1. The number of amides is 1. The first-order valence-electron chi connectivity index (χ1n) is 7.95. The Hall–Kier alpha value is -2.00. The van der Waals surface area contributed by atoms with Crippen molar-refractivity contribution in [2.75, 3.05) is 6.54 Å². The largest absolute Gasteiger partial charge is 0.481 e. The molecule has 3 rings (SSSR count). The van der Waals surface area contributed by atoms with Gasteiger partial charge in [0.1, 0.15) is 5.75 Å². The highest BCUT2D eigenvalue weighted by Gasteiger charge is 2.27. The fraction of sp³-hybridized carbons (Fsp3) is 0.316. The first-order valence-corrected chi connectivity index (χ1v) is 8.33. The van der Waals surface area contributed by atoms with Gasteiger partial charge < -0.3 is 9.64 Å². The second kappa shape index (κ2) is 7.05. The molecule has 3 nitrogen and oxygen atoms in total. The summed E-state index contributed by atoms with van der Waals surface area (Å²) in [6, 6.07) is 15.4. The van der Waals surface area contributed by atoms with E-state index in [2.05, 4.69) is 18.2 Å². The van der Waals surface area contributed by atoms with Gasteiger partial charge in [0.25, 0.3) is 5.91 Å². The molecule has 0 spiro atoms. The number of ether oxygens (including phenoxy) is 1. The molecule has 0 fully saturated rings. The van der Waals surface area contributed by atoms with Crippen molar-refractivity contribution >= 4 is 17.5 Å². The Balaban J connectivity index is 1.69. The van der Waals surface area contributed by atoms with Crippen molar-refractivity contribution in [2.24, 2.45) is 0 Å². The van der Waals surface area contributed by atoms with Gasteiger partial charge in [0, 0.05) is 18.1 Å². The molecular formula is C19H20ClNO2. The molecule has 0 bridgehead atoms. The molecule has 0 radical (unpaired) electrons. The van der Waals surface area contributed by atoms with Gasteiger partial charge in [0.15, 0.2) is 6.10 Å². The standard InChI is InChI=1S/C19H20ClNO2/c1-2-18(23-17-9-7-16(20)8-10-17)19(22)21-12-11-14-5-3-4-6-15(14)13-21/h3-10,18H,2,11-13H2,1H3/t18-/m1/s1. The zero-order valence-corrected chi connectivity index (χ0v) is 13.9. The SMILES string of the molecule is CC[C@@H](Oc1ccc(Cl)cc1)C(=O)N1CCc2ccccc2C1. The van der Waals surface area contributed by atoms with Gasteiger partial charge in [-0.1, -0.05) is 42.8 Å². The lowest BCUT2D eigenvalue weighted by Crippen LogP contribution is -2.44. The average molecular weight is 330 g/mol. The van der Waals surface area contributed by atoms with E-state index in [1.54, 1.807) is 24.3 Å². The van der Waals surface area contributed by atoms with Crippen molar-refractivity contribution in [1.29, 1.82) is 0 Å². The molecule has 1 amide bonds. The molecule has 4 heteroatoms. The molecule has 0 unspecified atom stereocenters.